The summed E-state index contributed by atoms with van der Waals surface area (Å²) in [6, 6.07) is 5.17. The second-order valence-corrected chi connectivity index (χ2v) is 4.87. The Bertz CT molecular complexity index is 584. The highest BCUT2D eigenvalue weighted by Crippen LogP contribution is 2.28. The summed E-state index contributed by atoms with van der Waals surface area (Å²) in [6.45, 7) is 5.38. The summed E-state index contributed by atoms with van der Waals surface area (Å²) < 4.78 is 10.2. The zero-order valence-corrected chi connectivity index (χ0v) is 10.5. The van der Waals surface area contributed by atoms with Crippen molar-refractivity contribution in [3.63, 3.8) is 0 Å². The number of carbonyl (C=O) groups excluding carboxylic acids is 1. The number of amides is 1. The van der Waals surface area contributed by atoms with Crippen LogP contribution in [0.2, 0.25) is 0 Å². The molecule has 3 N–H and O–H groups in total. The Balaban J connectivity index is 2.27. The summed E-state index contributed by atoms with van der Waals surface area (Å²) in [7, 11) is 0. The minimum atomic E-state index is -0.557. The van der Waals surface area contributed by atoms with Gasteiger partial charge in [-0.1, -0.05) is 11.2 Å². The molecule has 0 bridgehead atoms. The Morgan fingerprint density at radius 1 is 1.44 bits per heavy atom. The monoisotopic (exact) mass is 249 g/mol. The summed E-state index contributed by atoms with van der Waals surface area (Å²) in [5.41, 5.74) is 6.15. The summed E-state index contributed by atoms with van der Waals surface area (Å²) in [4.78, 5) is 11.7. The van der Waals surface area contributed by atoms with E-state index in [1.807, 2.05) is 0 Å². The lowest BCUT2D eigenvalue weighted by atomic mass is 10.2. The molecule has 18 heavy (non-hydrogen) atoms. The number of rotatable bonds is 1. The SMILES string of the molecule is CC(C)(C)OC(=O)Nc1cccc2onc(N)c12. The highest BCUT2D eigenvalue weighted by molar-refractivity contribution is 6.03. The van der Waals surface area contributed by atoms with Crippen molar-refractivity contribution >= 4 is 28.6 Å². The molecule has 0 aliphatic heterocycles. The molecular weight excluding hydrogens is 234 g/mol. The average Bonchev–Trinajstić information content (AvgIpc) is 2.58. The molecular formula is C12H15N3O3. The van der Waals surface area contributed by atoms with Gasteiger partial charge in [0.25, 0.3) is 0 Å². The van der Waals surface area contributed by atoms with Crippen LogP contribution in [-0.2, 0) is 4.74 Å². The number of fused-ring (bicyclic) bond motifs is 1. The van der Waals surface area contributed by atoms with Crippen molar-refractivity contribution in [2.24, 2.45) is 0 Å². The molecule has 0 aliphatic carbocycles. The van der Waals surface area contributed by atoms with Gasteiger partial charge in [-0.15, -0.1) is 0 Å². The van der Waals surface area contributed by atoms with E-state index in [0.29, 0.717) is 16.7 Å². The van der Waals surface area contributed by atoms with Crippen molar-refractivity contribution in [3.8, 4) is 0 Å². The van der Waals surface area contributed by atoms with Gasteiger partial charge in [0.15, 0.2) is 11.4 Å². The number of nitrogens with one attached hydrogen (secondary N) is 1. The zero-order chi connectivity index (χ0) is 13.3. The van der Waals surface area contributed by atoms with Crippen LogP contribution in [0.5, 0.6) is 0 Å². The van der Waals surface area contributed by atoms with Crippen LogP contribution >= 0.6 is 0 Å². The largest absolute Gasteiger partial charge is 0.444 e. The molecule has 0 aliphatic rings. The summed E-state index contributed by atoms with van der Waals surface area (Å²) in [5.74, 6) is 0.233. The number of hydrogen-bond donors (Lipinski definition) is 2. The first-order chi connectivity index (χ1) is 8.37. The first-order valence-electron chi connectivity index (χ1n) is 5.51. The Labute approximate surface area is 104 Å². The number of hydrogen-bond acceptors (Lipinski definition) is 5. The minimum Gasteiger partial charge on any atom is -0.444 e. The molecule has 0 saturated carbocycles. The van der Waals surface area contributed by atoms with Crippen LogP contribution in [-0.4, -0.2) is 16.9 Å². The maximum atomic E-state index is 11.7. The molecule has 1 aromatic carbocycles. The Morgan fingerprint density at radius 3 is 2.83 bits per heavy atom. The second kappa shape index (κ2) is 4.21. The lowest BCUT2D eigenvalue weighted by molar-refractivity contribution is 0.0636. The number of nitrogens with two attached hydrogens (primary N) is 1. The molecule has 0 saturated heterocycles. The van der Waals surface area contributed by atoms with Crippen LogP contribution in [0.3, 0.4) is 0 Å². The normalized spacial score (nSPS) is 11.5. The smallest absolute Gasteiger partial charge is 0.412 e. The van der Waals surface area contributed by atoms with Crippen LogP contribution in [0, 0.1) is 0 Å². The second-order valence-electron chi connectivity index (χ2n) is 4.87. The molecule has 6 nitrogen and oxygen atoms in total. The number of benzene rings is 1. The van der Waals surface area contributed by atoms with Crippen molar-refractivity contribution in [1.29, 1.82) is 0 Å². The van der Waals surface area contributed by atoms with Crippen LogP contribution in [0.15, 0.2) is 22.7 Å². The minimum absolute atomic E-state index is 0.233. The summed E-state index contributed by atoms with van der Waals surface area (Å²) >= 11 is 0. The van der Waals surface area contributed by atoms with E-state index in [4.69, 9.17) is 15.0 Å². The van der Waals surface area contributed by atoms with Gasteiger partial charge in [-0.2, -0.15) is 0 Å². The number of nitrogen functional groups attached to an aromatic ring is 1. The molecule has 1 aromatic heterocycles. The van der Waals surface area contributed by atoms with Gasteiger partial charge >= 0.3 is 6.09 Å². The van der Waals surface area contributed by atoms with Gasteiger partial charge in [0, 0.05) is 0 Å². The predicted octanol–water partition coefficient (Wildman–Crippen LogP) is 2.76. The van der Waals surface area contributed by atoms with E-state index in [1.165, 1.54) is 0 Å². The molecule has 0 fully saturated rings. The van der Waals surface area contributed by atoms with Gasteiger partial charge in [0.05, 0.1) is 11.1 Å². The number of nitrogens with zero attached hydrogens (tertiary/aromatic N) is 1. The first kappa shape index (κ1) is 12.2. The summed E-state index contributed by atoms with van der Waals surface area (Å²) in [5, 5.41) is 6.85. The van der Waals surface area contributed by atoms with E-state index < -0.39 is 11.7 Å². The molecule has 96 valence electrons. The number of aromatic nitrogens is 1. The van der Waals surface area contributed by atoms with Crippen LogP contribution in [0.1, 0.15) is 20.8 Å². The maximum absolute atomic E-state index is 11.7. The zero-order valence-electron chi connectivity index (χ0n) is 10.5. The third kappa shape index (κ3) is 2.53. The van der Waals surface area contributed by atoms with Gasteiger partial charge in [-0.05, 0) is 32.9 Å². The topological polar surface area (TPSA) is 90.4 Å². The van der Waals surface area contributed by atoms with Gasteiger partial charge < -0.3 is 15.0 Å². The highest BCUT2D eigenvalue weighted by Gasteiger charge is 2.18. The van der Waals surface area contributed by atoms with E-state index in [2.05, 4.69) is 10.5 Å². The fourth-order valence-electron chi connectivity index (χ4n) is 1.53. The van der Waals surface area contributed by atoms with Crippen LogP contribution < -0.4 is 11.1 Å². The Hall–Kier alpha value is -2.24. The van der Waals surface area contributed by atoms with Gasteiger partial charge in [0.1, 0.15) is 5.60 Å². The molecule has 6 heteroatoms. The van der Waals surface area contributed by atoms with E-state index >= 15 is 0 Å². The van der Waals surface area contributed by atoms with Gasteiger partial charge in [-0.3, -0.25) is 5.32 Å². The fraction of sp³-hybridized carbons (Fsp3) is 0.333. The number of anilines is 2. The molecule has 1 amide bonds. The fourth-order valence-corrected chi connectivity index (χ4v) is 1.53. The lowest BCUT2D eigenvalue weighted by Crippen LogP contribution is -2.27. The quantitative estimate of drug-likeness (QED) is 0.810. The van der Waals surface area contributed by atoms with Crippen LogP contribution in [0.25, 0.3) is 11.0 Å². The third-order valence-corrected chi connectivity index (χ3v) is 2.16. The molecule has 0 radical (unpaired) electrons. The van der Waals surface area contributed by atoms with Crippen molar-refractivity contribution in [2.45, 2.75) is 26.4 Å². The number of ether oxygens (including phenoxy) is 1. The molecule has 0 atom stereocenters. The van der Waals surface area contributed by atoms with Gasteiger partial charge in [0.2, 0.25) is 0 Å². The van der Waals surface area contributed by atoms with Crippen molar-refractivity contribution in [1.82, 2.24) is 5.16 Å². The number of carbonyl (C=O) groups is 1. The van der Waals surface area contributed by atoms with Gasteiger partial charge in [-0.25, -0.2) is 4.79 Å². The molecule has 1 heterocycles. The van der Waals surface area contributed by atoms with E-state index in [1.54, 1.807) is 39.0 Å². The molecule has 2 aromatic rings. The average molecular weight is 249 g/mol. The van der Waals surface area contributed by atoms with Crippen LogP contribution in [0.4, 0.5) is 16.3 Å². The van der Waals surface area contributed by atoms with E-state index in [-0.39, 0.29) is 5.82 Å². The first-order valence-corrected chi connectivity index (χ1v) is 5.51. The highest BCUT2D eigenvalue weighted by atomic mass is 16.6. The lowest BCUT2D eigenvalue weighted by Gasteiger charge is -2.19. The Morgan fingerprint density at radius 2 is 2.17 bits per heavy atom. The molecule has 2 rings (SSSR count). The van der Waals surface area contributed by atoms with Crippen molar-refractivity contribution in [3.05, 3.63) is 18.2 Å². The van der Waals surface area contributed by atoms with Crippen molar-refractivity contribution < 1.29 is 14.1 Å². The third-order valence-electron chi connectivity index (χ3n) is 2.16. The van der Waals surface area contributed by atoms with E-state index in [0.717, 1.165) is 0 Å². The van der Waals surface area contributed by atoms with Crippen molar-refractivity contribution in [2.75, 3.05) is 11.1 Å². The Kier molecular flexibility index (Phi) is 2.86. The standard InChI is InChI=1S/C12H15N3O3/c1-12(2,3)17-11(16)14-7-5-4-6-8-9(7)10(13)15-18-8/h4-6H,1-3H3,(H2,13,15)(H,14,16). The molecule has 0 unspecified atom stereocenters. The summed E-state index contributed by atoms with van der Waals surface area (Å²) in [6.07, 6.45) is -0.546. The van der Waals surface area contributed by atoms with E-state index in [9.17, 15) is 4.79 Å². The predicted molar refractivity (Wildman–Crippen MR) is 68.3 cm³/mol. The molecule has 0 spiro atoms. The maximum Gasteiger partial charge on any atom is 0.412 e.